The summed E-state index contributed by atoms with van der Waals surface area (Å²) in [6.07, 6.45) is 3.57. The number of hydrogen-bond donors (Lipinski definition) is 1. The summed E-state index contributed by atoms with van der Waals surface area (Å²) in [5.41, 5.74) is 0.858. The molecule has 0 saturated carbocycles. The van der Waals surface area contributed by atoms with Crippen molar-refractivity contribution in [3.63, 3.8) is 0 Å². The third-order valence-corrected chi connectivity index (χ3v) is 1.49. The van der Waals surface area contributed by atoms with Crippen molar-refractivity contribution in [3.8, 4) is 0 Å². The highest BCUT2D eigenvalue weighted by Crippen LogP contribution is 2.05. The maximum absolute atomic E-state index is 4.22. The van der Waals surface area contributed by atoms with Crippen molar-refractivity contribution in [2.24, 2.45) is 0 Å². The molecule has 0 amide bonds. The molecule has 4 heteroatoms. The molecule has 0 aliphatic rings. The first kappa shape index (κ1) is 9.51. The van der Waals surface area contributed by atoms with Crippen molar-refractivity contribution in [2.75, 3.05) is 12.4 Å². The molecule has 13 heavy (non-hydrogen) atoms. The lowest BCUT2D eigenvalue weighted by Crippen LogP contribution is -1.86. The van der Waals surface area contributed by atoms with Gasteiger partial charge >= 0.3 is 0 Å². The summed E-state index contributed by atoms with van der Waals surface area (Å²) in [5, 5.41) is 7.01. The van der Waals surface area contributed by atoms with Gasteiger partial charge in [-0.15, -0.1) is 0 Å². The van der Waals surface area contributed by atoms with Crippen LogP contribution in [0, 0.1) is 0 Å². The van der Waals surface area contributed by atoms with Crippen LogP contribution in [-0.4, -0.2) is 21.6 Å². The zero-order valence-electron chi connectivity index (χ0n) is 8.15. The number of rotatable bonds is 1. The van der Waals surface area contributed by atoms with Gasteiger partial charge in [0.25, 0.3) is 0 Å². The second-order valence-corrected chi connectivity index (χ2v) is 2.20. The molecule has 1 N–H and O–H groups in total. The van der Waals surface area contributed by atoms with Gasteiger partial charge in [0.15, 0.2) is 5.65 Å². The Bertz CT molecular complexity index is 339. The molecule has 0 saturated heterocycles. The van der Waals surface area contributed by atoms with Crippen molar-refractivity contribution >= 4 is 11.5 Å². The van der Waals surface area contributed by atoms with E-state index in [1.54, 1.807) is 10.7 Å². The summed E-state index contributed by atoms with van der Waals surface area (Å²) in [7, 11) is 1.84. The standard InChI is InChI=1S/C7H8N4.C2H6.H2/c1-8-6-5-11-7(10-6)3-2-4-9-11;1-2;/h2-5,8H,1H3;1-2H3;1H. The van der Waals surface area contributed by atoms with Gasteiger partial charge in [0.2, 0.25) is 0 Å². The van der Waals surface area contributed by atoms with Crippen LogP contribution in [0.25, 0.3) is 5.65 Å². The van der Waals surface area contributed by atoms with E-state index in [-0.39, 0.29) is 1.43 Å². The average molecular weight is 180 g/mol. The SMILES string of the molecule is CC.CNc1cn2ncccc2n1.[HH]. The van der Waals surface area contributed by atoms with Crippen LogP contribution in [0.5, 0.6) is 0 Å². The number of imidazole rings is 1. The monoisotopic (exact) mass is 180 g/mol. The normalized spacial score (nSPS) is 9.15. The van der Waals surface area contributed by atoms with E-state index in [1.807, 2.05) is 39.2 Å². The van der Waals surface area contributed by atoms with Gasteiger partial charge in [0.05, 0.1) is 6.20 Å². The summed E-state index contributed by atoms with van der Waals surface area (Å²) < 4.78 is 1.73. The van der Waals surface area contributed by atoms with E-state index in [1.165, 1.54) is 0 Å². The summed E-state index contributed by atoms with van der Waals surface area (Å²) in [6, 6.07) is 3.77. The van der Waals surface area contributed by atoms with Crippen molar-refractivity contribution in [3.05, 3.63) is 24.5 Å². The van der Waals surface area contributed by atoms with Crippen molar-refractivity contribution < 1.29 is 1.43 Å². The molecule has 0 aromatic carbocycles. The van der Waals surface area contributed by atoms with E-state index in [4.69, 9.17) is 0 Å². The first-order valence-electron chi connectivity index (χ1n) is 4.38. The van der Waals surface area contributed by atoms with Gasteiger partial charge < -0.3 is 5.32 Å². The predicted molar refractivity (Wildman–Crippen MR) is 56.0 cm³/mol. The van der Waals surface area contributed by atoms with E-state index in [9.17, 15) is 0 Å². The van der Waals surface area contributed by atoms with Crippen LogP contribution in [0.3, 0.4) is 0 Å². The maximum atomic E-state index is 4.22. The highest BCUT2D eigenvalue weighted by molar-refractivity contribution is 5.46. The zero-order valence-corrected chi connectivity index (χ0v) is 8.15. The number of anilines is 1. The van der Waals surface area contributed by atoms with Crippen molar-refractivity contribution in [2.45, 2.75) is 13.8 Å². The topological polar surface area (TPSA) is 42.2 Å². The van der Waals surface area contributed by atoms with Crippen LogP contribution in [0.15, 0.2) is 24.5 Å². The number of aromatic nitrogens is 3. The zero-order chi connectivity index (χ0) is 9.68. The minimum absolute atomic E-state index is 0. The molecule has 2 rings (SSSR count). The molecule has 2 aromatic rings. The molecule has 0 unspecified atom stereocenters. The van der Waals surface area contributed by atoms with Gasteiger partial charge in [0.1, 0.15) is 5.82 Å². The fourth-order valence-electron chi connectivity index (χ4n) is 0.951. The van der Waals surface area contributed by atoms with Crippen LogP contribution < -0.4 is 5.32 Å². The fraction of sp³-hybridized carbons (Fsp3) is 0.333. The Labute approximate surface area is 79.1 Å². The molecule has 0 atom stereocenters. The smallest absolute Gasteiger partial charge is 0.155 e. The molecule has 72 valence electrons. The Hall–Kier alpha value is -1.58. The number of fused-ring (bicyclic) bond motifs is 1. The van der Waals surface area contributed by atoms with Gasteiger partial charge in [-0.2, -0.15) is 5.10 Å². The van der Waals surface area contributed by atoms with Crippen LogP contribution in [0.2, 0.25) is 0 Å². The fourth-order valence-corrected chi connectivity index (χ4v) is 0.951. The van der Waals surface area contributed by atoms with Gasteiger partial charge in [0, 0.05) is 14.7 Å². The number of hydrogen-bond acceptors (Lipinski definition) is 3. The largest absolute Gasteiger partial charge is 0.372 e. The quantitative estimate of drug-likeness (QED) is 0.730. The van der Waals surface area contributed by atoms with Gasteiger partial charge in [-0.3, -0.25) is 0 Å². The Morgan fingerprint density at radius 1 is 1.46 bits per heavy atom. The molecular weight excluding hydrogens is 164 g/mol. The highest BCUT2D eigenvalue weighted by Gasteiger charge is 1.96. The van der Waals surface area contributed by atoms with Crippen molar-refractivity contribution in [1.82, 2.24) is 14.6 Å². The van der Waals surface area contributed by atoms with Gasteiger partial charge in [-0.05, 0) is 12.1 Å². The summed E-state index contributed by atoms with van der Waals surface area (Å²) in [4.78, 5) is 4.22. The minimum Gasteiger partial charge on any atom is -0.372 e. The molecular formula is C9H16N4. The lowest BCUT2D eigenvalue weighted by Gasteiger charge is -1.85. The molecule has 0 aliphatic heterocycles. The second kappa shape index (κ2) is 4.45. The Morgan fingerprint density at radius 2 is 2.23 bits per heavy atom. The molecule has 0 aliphatic carbocycles. The Kier molecular flexibility index (Phi) is 3.25. The summed E-state index contributed by atoms with van der Waals surface area (Å²) in [5.74, 6) is 0.837. The summed E-state index contributed by atoms with van der Waals surface area (Å²) >= 11 is 0. The third kappa shape index (κ3) is 1.96. The van der Waals surface area contributed by atoms with E-state index in [0.717, 1.165) is 11.5 Å². The Morgan fingerprint density at radius 3 is 2.85 bits per heavy atom. The van der Waals surface area contributed by atoms with E-state index >= 15 is 0 Å². The van der Waals surface area contributed by atoms with Crippen LogP contribution in [-0.2, 0) is 0 Å². The molecule has 0 radical (unpaired) electrons. The van der Waals surface area contributed by atoms with Crippen molar-refractivity contribution in [1.29, 1.82) is 0 Å². The second-order valence-electron chi connectivity index (χ2n) is 2.20. The third-order valence-electron chi connectivity index (χ3n) is 1.49. The number of nitrogens with zero attached hydrogens (tertiary/aromatic N) is 3. The van der Waals surface area contributed by atoms with Crippen LogP contribution >= 0.6 is 0 Å². The maximum Gasteiger partial charge on any atom is 0.155 e. The van der Waals surface area contributed by atoms with Gasteiger partial charge in [-0.1, -0.05) is 13.8 Å². The van der Waals surface area contributed by atoms with E-state index in [0.29, 0.717) is 0 Å². The average Bonchev–Trinajstić information content (AvgIpc) is 2.63. The molecule has 4 nitrogen and oxygen atoms in total. The first-order chi connectivity index (χ1) is 6.40. The van der Waals surface area contributed by atoms with Crippen LogP contribution in [0.4, 0.5) is 5.82 Å². The lowest BCUT2D eigenvalue weighted by molar-refractivity contribution is 0.936. The lowest BCUT2D eigenvalue weighted by atomic mass is 10.6. The molecule has 2 heterocycles. The minimum atomic E-state index is 0. The van der Waals surface area contributed by atoms with E-state index < -0.39 is 0 Å². The van der Waals surface area contributed by atoms with E-state index in [2.05, 4.69) is 15.4 Å². The first-order valence-corrected chi connectivity index (χ1v) is 4.38. The Balaban J connectivity index is 0.000000531. The molecule has 2 aromatic heterocycles. The number of nitrogens with one attached hydrogen (secondary N) is 1. The predicted octanol–water partition coefficient (Wildman–Crippen LogP) is 2.04. The summed E-state index contributed by atoms with van der Waals surface area (Å²) in [6.45, 7) is 4.00. The van der Waals surface area contributed by atoms with Crippen LogP contribution in [0.1, 0.15) is 15.3 Å². The molecule has 0 spiro atoms. The highest BCUT2D eigenvalue weighted by atomic mass is 15.3. The molecule has 0 bridgehead atoms. The molecule has 0 fully saturated rings. The van der Waals surface area contributed by atoms with Gasteiger partial charge in [-0.25, -0.2) is 9.50 Å².